The largest absolute Gasteiger partial charge is 0.381 e. The van der Waals surface area contributed by atoms with Gasteiger partial charge in [-0.15, -0.1) is 0 Å². The molecule has 2 unspecified atom stereocenters. The zero-order chi connectivity index (χ0) is 11.3. The molecule has 0 aromatic heterocycles. The van der Waals surface area contributed by atoms with Gasteiger partial charge in [-0.25, -0.2) is 0 Å². The van der Waals surface area contributed by atoms with E-state index in [1.807, 2.05) is 13.8 Å². The van der Waals surface area contributed by atoms with E-state index in [2.05, 4.69) is 18.3 Å². The van der Waals surface area contributed by atoms with Crippen LogP contribution in [0.4, 0.5) is 0 Å². The molecule has 0 saturated carbocycles. The Morgan fingerprint density at radius 2 is 2.33 bits per heavy atom. The van der Waals surface area contributed by atoms with Crippen LogP contribution < -0.4 is 5.32 Å². The van der Waals surface area contributed by atoms with Gasteiger partial charge < -0.3 is 10.1 Å². The second-order valence-corrected chi connectivity index (χ2v) is 5.11. The van der Waals surface area contributed by atoms with Crippen LogP contribution in [0.2, 0.25) is 0 Å². The van der Waals surface area contributed by atoms with E-state index < -0.39 is 0 Å². The van der Waals surface area contributed by atoms with Crippen LogP contribution in [0.3, 0.4) is 0 Å². The number of nitrogens with zero attached hydrogens (tertiary/aromatic N) is 1. The van der Waals surface area contributed by atoms with E-state index in [1.54, 1.807) is 0 Å². The van der Waals surface area contributed by atoms with Crippen molar-refractivity contribution in [3.05, 3.63) is 0 Å². The highest BCUT2D eigenvalue weighted by molar-refractivity contribution is 4.92. The van der Waals surface area contributed by atoms with E-state index in [-0.39, 0.29) is 5.41 Å². The van der Waals surface area contributed by atoms with Crippen LogP contribution in [0.5, 0.6) is 0 Å². The van der Waals surface area contributed by atoms with Gasteiger partial charge in [0.15, 0.2) is 0 Å². The number of nitrogens with one attached hydrogen (secondary N) is 1. The lowest BCUT2D eigenvalue weighted by atomic mass is 9.91. The van der Waals surface area contributed by atoms with E-state index in [4.69, 9.17) is 10.00 Å². The van der Waals surface area contributed by atoms with E-state index in [0.29, 0.717) is 12.0 Å². The van der Waals surface area contributed by atoms with Crippen LogP contribution in [-0.2, 0) is 4.74 Å². The summed E-state index contributed by atoms with van der Waals surface area (Å²) in [6, 6.07) is 2.82. The third-order valence-electron chi connectivity index (χ3n) is 3.19. The molecule has 0 spiro atoms. The highest BCUT2D eigenvalue weighted by atomic mass is 16.5. The minimum Gasteiger partial charge on any atom is -0.381 e. The van der Waals surface area contributed by atoms with Gasteiger partial charge >= 0.3 is 0 Å². The van der Waals surface area contributed by atoms with Gasteiger partial charge in [0.05, 0.1) is 18.1 Å². The molecule has 1 aliphatic rings. The first kappa shape index (κ1) is 12.5. The third kappa shape index (κ3) is 4.19. The molecular formula is C12H22N2O. The Hall–Kier alpha value is -0.590. The zero-order valence-corrected chi connectivity index (χ0v) is 10.0. The molecule has 3 nitrogen and oxygen atoms in total. The van der Waals surface area contributed by atoms with Crippen LogP contribution in [-0.4, -0.2) is 25.8 Å². The quantitative estimate of drug-likeness (QED) is 0.754. The van der Waals surface area contributed by atoms with E-state index in [9.17, 15) is 0 Å². The molecule has 0 aliphatic carbocycles. The lowest BCUT2D eigenvalue weighted by Crippen LogP contribution is -2.35. The van der Waals surface area contributed by atoms with E-state index in [1.165, 1.54) is 0 Å². The van der Waals surface area contributed by atoms with Crippen molar-refractivity contribution in [1.29, 1.82) is 5.26 Å². The number of rotatable bonds is 5. The Balaban J connectivity index is 2.17. The van der Waals surface area contributed by atoms with Crippen molar-refractivity contribution in [2.45, 2.75) is 39.7 Å². The first-order chi connectivity index (χ1) is 7.05. The van der Waals surface area contributed by atoms with Crippen LogP contribution in [0.15, 0.2) is 0 Å². The summed E-state index contributed by atoms with van der Waals surface area (Å²) in [6.45, 7) is 8.88. The van der Waals surface area contributed by atoms with Crippen LogP contribution >= 0.6 is 0 Å². The summed E-state index contributed by atoms with van der Waals surface area (Å²) >= 11 is 0. The van der Waals surface area contributed by atoms with E-state index >= 15 is 0 Å². The predicted octanol–water partition coefficient (Wildman–Crippen LogP) is 1.94. The maximum Gasteiger partial charge on any atom is 0.0684 e. The summed E-state index contributed by atoms with van der Waals surface area (Å²) < 4.78 is 5.35. The standard InChI is InChI=1S/C12H22N2O/c1-10(11-4-7-15-8-11)14-6-5-12(2,3)9-13/h10-11,14H,4-8H2,1-3H3. The average Bonchev–Trinajstić information content (AvgIpc) is 2.70. The maximum atomic E-state index is 8.87. The summed E-state index contributed by atoms with van der Waals surface area (Å²) in [7, 11) is 0. The average molecular weight is 210 g/mol. The van der Waals surface area contributed by atoms with Crippen molar-refractivity contribution < 1.29 is 4.74 Å². The van der Waals surface area contributed by atoms with Crippen LogP contribution in [0.1, 0.15) is 33.6 Å². The van der Waals surface area contributed by atoms with Gasteiger partial charge in [-0.3, -0.25) is 0 Å². The third-order valence-corrected chi connectivity index (χ3v) is 3.19. The molecule has 1 fully saturated rings. The number of hydrogen-bond acceptors (Lipinski definition) is 3. The monoisotopic (exact) mass is 210 g/mol. The highest BCUT2D eigenvalue weighted by Crippen LogP contribution is 2.19. The minimum atomic E-state index is -0.209. The fraction of sp³-hybridized carbons (Fsp3) is 0.917. The predicted molar refractivity (Wildman–Crippen MR) is 60.4 cm³/mol. The highest BCUT2D eigenvalue weighted by Gasteiger charge is 2.22. The van der Waals surface area contributed by atoms with Crippen molar-refractivity contribution in [3.63, 3.8) is 0 Å². The molecule has 1 saturated heterocycles. The summed E-state index contributed by atoms with van der Waals surface area (Å²) in [5.41, 5.74) is -0.209. The molecule has 0 aromatic rings. The Kier molecular flexibility index (Phi) is 4.56. The smallest absolute Gasteiger partial charge is 0.0684 e. The molecule has 0 amide bonds. The molecule has 86 valence electrons. The molecule has 1 heterocycles. The van der Waals surface area contributed by atoms with Crippen molar-refractivity contribution in [2.24, 2.45) is 11.3 Å². The lowest BCUT2D eigenvalue weighted by molar-refractivity contribution is 0.178. The molecular weight excluding hydrogens is 188 g/mol. The first-order valence-electron chi connectivity index (χ1n) is 5.77. The van der Waals surface area contributed by atoms with Crippen molar-refractivity contribution in [3.8, 4) is 6.07 Å². The molecule has 2 atom stereocenters. The van der Waals surface area contributed by atoms with Gasteiger partial charge in [0.2, 0.25) is 0 Å². The number of nitriles is 1. The van der Waals surface area contributed by atoms with Crippen molar-refractivity contribution in [1.82, 2.24) is 5.32 Å². The topological polar surface area (TPSA) is 45.0 Å². The molecule has 1 aliphatic heterocycles. The molecule has 3 heteroatoms. The molecule has 1 rings (SSSR count). The minimum absolute atomic E-state index is 0.209. The van der Waals surface area contributed by atoms with Gasteiger partial charge in [-0.1, -0.05) is 0 Å². The fourth-order valence-electron chi connectivity index (χ4n) is 1.78. The van der Waals surface area contributed by atoms with Crippen molar-refractivity contribution >= 4 is 0 Å². The van der Waals surface area contributed by atoms with Gasteiger partial charge in [0.1, 0.15) is 0 Å². The normalized spacial score (nSPS) is 23.7. The number of ether oxygens (including phenoxy) is 1. The zero-order valence-electron chi connectivity index (χ0n) is 10.0. The second-order valence-electron chi connectivity index (χ2n) is 5.11. The molecule has 0 radical (unpaired) electrons. The second kappa shape index (κ2) is 5.48. The lowest BCUT2D eigenvalue weighted by Gasteiger charge is -2.21. The van der Waals surface area contributed by atoms with Gasteiger partial charge in [0, 0.05) is 12.6 Å². The Morgan fingerprint density at radius 3 is 2.87 bits per heavy atom. The Labute approximate surface area is 92.8 Å². The van der Waals surface area contributed by atoms with Gasteiger partial charge in [-0.05, 0) is 46.1 Å². The maximum absolute atomic E-state index is 8.87. The summed E-state index contributed by atoms with van der Waals surface area (Å²) in [5.74, 6) is 0.648. The molecule has 15 heavy (non-hydrogen) atoms. The van der Waals surface area contributed by atoms with Gasteiger partial charge in [-0.2, -0.15) is 5.26 Å². The first-order valence-corrected chi connectivity index (χ1v) is 5.77. The molecule has 0 bridgehead atoms. The van der Waals surface area contributed by atoms with Gasteiger partial charge in [0.25, 0.3) is 0 Å². The van der Waals surface area contributed by atoms with E-state index in [0.717, 1.165) is 32.6 Å². The molecule has 1 N–H and O–H groups in total. The summed E-state index contributed by atoms with van der Waals surface area (Å²) in [5, 5.41) is 12.4. The Bertz CT molecular complexity index is 226. The number of hydrogen-bond donors (Lipinski definition) is 1. The fourth-order valence-corrected chi connectivity index (χ4v) is 1.78. The summed E-state index contributed by atoms with van der Waals surface area (Å²) in [4.78, 5) is 0. The van der Waals surface area contributed by atoms with Crippen LogP contribution in [0, 0.1) is 22.7 Å². The Morgan fingerprint density at radius 1 is 1.60 bits per heavy atom. The van der Waals surface area contributed by atoms with Crippen molar-refractivity contribution in [2.75, 3.05) is 19.8 Å². The van der Waals surface area contributed by atoms with Crippen LogP contribution in [0.25, 0.3) is 0 Å². The summed E-state index contributed by atoms with van der Waals surface area (Å²) in [6.07, 6.45) is 2.07. The molecule has 0 aromatic carbocycles. The SMILES string of the molecule is CC(NCCC(C)(C)C#N)C1CCOC1.